The molecule has 0 aliphatic carbocycles. The first-order valence-corrected chi connectivity index (χ1v) is 10.6. The number of pyridine rings is 1. The molecule has 0 bridgehead atoms. The number of benzene rings is 1. The van der Waals surface area contributed by atoms with Crippen molar-refractivity contribution in [1.29, 1.82) is 0 Å². The molecule has 0 aliphatic heterocycles. The van der Waals surface area contributed by atoms with E-state index in [1.54, 1.807) is 24.3 Å². The molecule has 1 amide bonds. The number of hydrogen-bond acceptors (Lipinski definition) is 4. The molecule has 2 heterocycles. The fourth-order valence-electron chi connectivity index (χ4n) is 3.34. The molecule has 2 aromatic heterocycles. The standard InChI is InChI=1S/C22H23ClF2N6O2.3ClH/c23-16-5-4-14(6-7-26)15(11-16)12-29-18(32)13-31-10-9-28-22(33)21(31)30-19(20(24)25)17-3-1-2-8-27-17;;;/h1-5,8-11,19-20,27H,6-7,12-13,26H2,(H-,28,29,32,33);3*1H. The first kappa shape index (κ1) is 33.5. The summed E-state index contributed by atoms with van der Waals surface area (Å²) in [6, 6.07) is 8.64. The van der Waals surface area contributed by atoms with Gasteiger partial charge in [0.05, 0.1) is 12.1 Å². The van der Waals surface area contributed by atoms with Gasteiger partial charge in [-0.05, 0) is 36.2 Å². The van der Waals surface area contributed by atoms with Crippen LogP contribution in [0.4, 0.5) is 14.6 Å². The molecule has 0 spiro atoms. The van der Waals surface area contributed by atoms with Crippen LogP contribution >= 0.6 is 24.0 Å². The van der Waals surface area contributed by atoms with E-state index in [1.165, 1.54) is 29.2 Å². The summed E-state index contributed by atoms with van der Waals surface area (Å²) in [5, 5.41) is 5.88. The van der Waals surface area contributed by atoms with E-state index in [4.69, 9.17) is 17.3 Å². The van der Waals surface area contributed by atoms with Crippen LogP contribution < -0.4 is 51.3 Å². The van der Waals surface area contributed by atoms with Crippen LogP contribution in [0.5, 0.6) is 0 Å². The van der Waals surface area contributed by atoms with Gasteiger partial charge in [-0.15, -0.1) is 12.4 Å². The molecule has 3 rings (SSSR count). The zero-order valence-corrected chi connectivity index (χ0v) is 21.9. The van der Waals surface area contributed by atoms with E-state index >= 15 is 0 Å². The molecular formula is C22H26Cl4F2N6O2. The lowest BCUT2D eigenvalue weighted by Gasteiger charge is -2.13. The van der Waals surface area contributed by atoms with E-state index in [1.807, 2.05) is 6.07 Å². The number of halogens is 6. The van der Waals surface area contributed by atoms with Gasteiger partial charge in [0.2, 0.25) is 6.04 Å². The van der Waals surface area contributed by atoms with Crippen molar-refractivity contribution in [3.05, 3.63) is 87.2 Å². The van der Waals surface area contributed by atoms with E-state index in [-0.39, 0.29) is 61.8 Å². The fraction of sp³-hybridized carbons (Fsp3) is 0.273. The topological polar surface area (TPSA) is 120 Å². The van der Waals surface area contributed by atoms with E-state index < -0.39 is 23.9 Å². The second kappa shape index (κ2) is 16.3. The first-order chi connectivity index (χ1) is 15.9. The van der Waals surface area contributed by atoms with Crippen LogP contribution in [0.2, 0.25) is 5.02 Å². The third-order valence-electron chi connectivity index (χ3n) is 4.96. The van der Waals surface area contributed by atoms with Crippen molar-refractivity contribution in [2.75, 3.05) is 11.9 Å². The molecule has 8 nitrogen and oxygen atoms in total. The fourth-order valence-corrected chi connectivity index (χ4v) is 3.54. The maximum absolute atomic E-state index is 13.7. The molecule has 198 valence electrons. The summed E-state index contributed by atoms with van der Waals surface area (Å²) >= 11 is 6.07. The van der Waals surface area contributed by atoms with Crippen molar-refractivity contribution in [2.24, 2.45) is 5.73 Å². The largest absolute Gasteiger partial charge is 1.00 e. The van der Waals surface area contributed by atoms with Gasteiger partial charge in [-0.2, -0.15) is 0 Å². The Morgan fingerprint density at radius 1 is 1.19 bits per heavy atom. The summed E-state index contributed by atoms with van der Waals surface area (Å²) in [6.45, 7) is 0.401. The van der Waals surface area contributed by atoms with Crippen molar-refractivity contribution >= 4 is 35.7 Å². The van der Waals surface area contributed by atoms with Gasteiger partial charge in [0, 0.05) is 23.8 Å². The summed E-state index contributed by atoms with van der Waals surface area (Å²) in [5.74, 6) is -0.575. The van der Waals surface area contributed by atoms with Crippen LogP contribution in [0, 0.1) is 0 Å². The average molecular weight is 586 g/mol. The Morgan fingerprint density at radius 2 is 1.94 bits per heavy atom. The van der Waals surface area contributed by atoms with Gasteiger partial charge >= 0.3 is 11.4 Å². The molecular weight excluding hydrogens is 560 g/mol. The molecule has 1 unspecified atom stereocenters. The van der Waals surface area contributed by atoms with Gasteiger partial charge < -0.3 is 40.8 Å². The maximum atomic E-state index is 13.7. The normalized spacial score (nSPS) is 10.9. The second-order valence-electron chi connectivity index (χ2n) is 7.27. The van der Waals surface area contributed by atoms with Crippen LogP contribution in [0.3, 0.4) is 0 Å². The number of nitrogens with zero attached hydrogens (tertiary/aromatic N) is 1. The molecule has 36 heavy (non-hydrogen) atoms. The van der Waals surface area contributed by atoms with E-state index in [0.29, 0.717) is 18.0 Å². The number of nitrogens with two attached hydrogens (primary N) is 1. The number of carbonyl (C=O) groups excluding carboxylic acids is 1. The third-order valence-corrected chi connectivity index (χ3v) is 5.19. The van der Waals surface area contributed by atoms with Gasteiger partial charge in [-0.25, -0.2) is 18.7 Å². The Hall–Kier alpha value is -2.50. The predicted octanol–water partition coefficient (Wildman–Crippen LogP) is -3.41. The minimum absolute atomic E-state index is 0. The summed E-state index contributed by atoms with van der Waals surface area (Å²) in [4.78, 5) is 30.2. The maximum Gasteiger partial charge on any atom is 0.343 e. The van der Waals surface area contributed by atoms with E-state index in [9.17, 15) is 18.4 Å². The Morgan fingerprint density at radius 3 is 2.58 bits per heavy atom. The van der Waals surface area contributed by atoms with Crippen molar-refractivity contribution in [2.45, 2.75) is 32.0 Å². The molecule has 6 N–H and O–H groups in total. The zero-order valence-electron chi connectivity index (χ0n) is 18.8. The molecule has 1 aromatic carbocycles. The molecule has 0 saturated carbocycles. The summed E-state index contributed by atoms with van der Waals surface area (Å²) in [7, 11) is 0. The number of H-pyrrole nitrogens is 2. The van der Waals surface area contributed by atoms with Gasteiger partial charge in [0.15, 0.2) is 12.2 Å². The minimum Gasteiger partial charge on any atom is -1.00 e. The quantitative estimate of drug-likeness (QED) is 0.126. The number of alkyl halides is 2. The molecule has 1 atom stereocenters. The number of amides is 1. The van der Waals surface area contributed by atoms with Gasteiger partial charge in [-0.1, -0.05) is 17.7 Å². The molecule has 3 aromatic rings. The third kappa shape index (κ3) is 9.18. The number of rotatable bonds is 10. The monoisotopic (exact) mass is 584 g/mol. The highest BCUT2D eigenvalue weighted by atomic mass is 35.5. The summed E-state index contributed by atoms with van der Waals surface area (Å²) in [6.07, 6.45) is 2.10. The van der Waals surface area contributed by atoms with Crippen LogP contribution in [-0.4, -0.2) is 28.8 Å². The number of carbonyl (C=O) groups is 1. The lowest BCUT2D eigenvalue weighted by Crippen LogP contribution is -3.00. The van der Waals surface area contributed by atoms with Crippen LogP contribution in [-0.2, 0) is 24.3 Å². The van der Waals surface area contributed by atoms with Gasteiger partial charge in [-0.3, -0.25) is 14.6 Å². The molecule has 0 aliphatic rings. The Kier molecular flexibility index (Phi) is 15.2. The predicted molar refractivity (Wildman–Crippen MR) is 128 cm³/mol. The number of aromatic amines is 2. The van der Waals surface area contributed by atoms with Crippen LogP contribution in [0.25, 0.3) is 0 Å². The highest BCUT2D eigenvalue weighted by Gasteiger charge is 2.34. The lowest BCUT2D eigenvalue weighted by molar-refractivity contribution is -0.671. The van der Waals surface area contributed by atoms with Crippen molar-refractivity contribution in [3.63, 3.8) is 0 Å². The van der Waals surface area contributed by atoms with Crippen LogP contribution in [0.15, 0.2) is 59.8 Å². The number of anilines is 1. The molecule has 0 saturated heterocycles. The summed E-state index contributed by atoms with van der Waals surface area (Å²) in [5.41, 5.74) is 6.99. The summed E-state index contributed by atoms with van der Waals surface area (Å²) < 4.78 is 28.8. The molecule has 0 fully saturated rings. The van der Waals surface area contributed by atoms with E-state index in [0.717, 1.165) is 11.1 Å². The minimum atomic E-state index is -2.81. The molecule has 14 heteroatoms. The Labute approximate surface area is 230 Å². The second-order valence-corrected chi connectivity index (χ2v) is 7.70. The first-order valence-electron chi connectivity index (χ1n) is 10.3. The molecule has 0 radical (unpaired) electrons. The van der Waals surface area contributed by atoms with Gasteiger partial charge in [0.25, 0.3) is 12.3 Å². The highest BCUT2D eigenvalue weighted by molar-refractivity contribution is 6.30. The average Bonchev–Trinajstić information content (AvgIpc) is 2.79. The Bertz CT molecular complexity index is 1150. The van der Waals surface area contributed by atoms with Gasteiger partial charge in [0.1, 0.15) is 12.4 Å². The van der Waals surface area contributed by atoms with Crippen molar-refractivity contribution < 1.29 is 43.0 Å². The Balaban J connectivity index is 0.00000408. The van der Waals surface area contributed by atoms with Crippen LogP contribution in [0.1, 0.15) is 22.9 Å². The van der Waals surface area contributed by atoms with Crippen molar-refractivity contribution in [3.8, 4) is 0 Å². The zero-order chi connectivity index (χ0) is 23.8. The smallest absolute Gasteiger partial charge is 0.343 e. The number of aromatic nitrogens is 3. The lowest BCUT2D eigenvalue weighted by atomic mass is 10.0. The number of hydrogen-bond donors (Lipinski definition) is 5. The SMILES string of the molecule is Cl.NCCc1ccc(Cl)cc1CNC(=O)C[n+]1cc[nH]c(=O)c1NC([c+]1cccc[nH]1)C(F)F.[Cl-].[Cl-]. The van der Waals surface area contributed by atoms with E-state index in [2.05, 4.69) is 20.6 Å². The highest BCUT2D eigenvalue weighted by Crippen LogP contribution is 2.21. The van der Waals surface area contributed by atoms with Crippen molar-refractivity contribution in [1.82, 2.24) is 15.3 Å². The number of nitrogens with one attached hydrogen (secondary N) is 4.